The maximum absolute atomic E-state index is 5.81. The molecule has 2 aromatic rings. The first-order chi connectivity index (χ1) is 8.90. The Balaban J connectivity index is 0.000000574. The van der Waals surface area contributed by atoms with Gasteiger partial charge in [0.2, 0.25) is 0 Å². The maximum Gasteiger partial charge on any atom is 0.0975 e. The summed E-state index contributed by atoms with van der Waals surface area (Å²) in [6.07, 6.45) is 3.84. The molecule has 98 valence electrons. The highest BCUT2D eigenvalue weighted by molar-refractivity contribution is 5.85. The Bertz CT molecular complexity index is 501. The predicted molar refractivity (Wildman–Crippen MR) is 77.0 cm³/mol. The van der Waals surface area contributed by atoms with Gasteiger partial charge in [-0.3, -0.25) is 0 Å². The summed E-state index contributed by atoms with van der Waals surface area (Å²) in [4.78, 5) is 3.53. The van der Waals surface area contributed by atoms with Crippen molar-refractivity contribution in [2.45, 2.75) is 46.1 Å². The minimum Gasteiger partial charge on any atom is -0.372 e. The van der Waals surface area contributed by atoms with Crippen LogP contribution in [0.25, 0.3) is 10.9 Å². The average molecular weight is 245 g/mol. The first-order valence-electron chi connectivity index (χ1n) is 7.11. The third-order valence-corrected chi connectivity index (χ3v) is 3.43. The largest absolute Gasteiger partial charge is 0.372 e. The number of H-pyrrole nitrogens is 1. The van der Waals surface area contributed by atoms with Gasteiger partial charge in [0.05, 0.1) is 6.10 Å². The summed E-state index contributed by atoms with van der Waals surface area (Å²) in [6.45, 7) is 6.86. The third kappa shape index (κ3) is 2.30. The highest BCUT2D eigenvalue weighted by Crippen LogP contribution is 2.36. The molecule has 1 N–H and O–H groups in total. The summed E-state index contributed by atoms with van der Waals surface area (Å²) in [5.41, 5.74) is 4.04. The summed E-state index contributed by atoms with van der Waals surface area (Å²) < 4.78 is 5.81. The molecule has 0 saturated carbocycles. The molecule has 1 aromatic heterocycles. The predicted octanol–water partition coefficient (Wildman–Crippen LogP) is 4.61. The molecular formula is C16H23NO. The topological polar surface area (TPSA) is 25.0 Å². The van der Waals surface area contributed by atoms with Crippen molar-refractivity contribution in [1.82, 2.24) is 4.98 Å². The monoisotopic (exact) mass is 245 g/mol. The van der Waals surface area contributed by atoms with Crippen LogP contribution in [-0.2, 0) is 11.2 Å². The molecule has 1 aromatic carbocycles. The number of hydrogen-bond acceptors (Lipinski definition) is 1. The van der Waals surface area contributed by atoms with Crippen LogP contribution in [0.15, 0.2) is 24.3 Å². The molecule has 0 bridgehead atoms. The molecule has 1 aliphatic carbocycles. The van der Waals surface area contributed by atoms with Crippen LogP contribution < -0.4 is 0 Å². The minimum atomic E-state index is 0.279. The Kier molecular flexibility index (Phi) is 4.43. The molecule has 0 radical (unpaired) electrons. The van der Waals surface area contributed by atoms with E-state index in [1.165, 1.54) is 35.0 Å². The highest BCUT2D eigenvalue weighted by Gasteiger charge is 2.23. The number of benzene rings is 1. The first kappa shape index (κ1) is 13.2. The Hall–Kier alpha value is -1.28. The molecule has 1 heterocycles. The van der Waals surface area contributed by atoms with Gasteiger partial charge in [-0.05, 0) is 37.8 Å². The number of hydrogen-bond donors (Lipinski definition) is 1. The Morgan fingerprint density at radius 2 is 2.06 bits per heavy atom. The van der Waals surface area contributed by atoms with E-state index in [2.05, 4.69) is 36.2 Å². The lowest BCUT2D eigenvalue weighted by Crippen LogP contribution is -2.12. The summed E-state index contributed by atoms with van der Waals surface area (Å²) in [6, 6.07) is 8.55. The fourth-order valence-electron chi connectivity index (χ4n) is 2.74. The van der Waals surface area contributed by atoms with Crippen molar-refractivity contribution in [3.63, 3.8) is 0 Å². The van der Waals surface area contributed by atoms with E-state index in [0.29, 0.717) is 0 Å². The summed E-state index contributed by atoms with van der Waals surface area (Å²) in [7, 11) is 0. The van der Waals surface area contributed by atoms with Crippen LogP contribution in [0.4, 0.5) is 0 Å². The van der Waals surface area contributed by atoms with Crippen molar-refractivity contribution in [3.8, 4) is 0 Å². The van der Waals surface area contributed by atoms with Crippen LogP contribution in [-0.4, -0.2) is 11.6 Å². The lowest BCUT2D eigenvalue weighted by Gasteiger charge is -2.22. The second kappa shape index (κ2) is 6.05. The summed E-state index contributed by atoms with van der Waals surface area (Å²) in [5.74, 6) is 0. The second-order valence-corrected chi connectivity index (χ2v) is 4.40. The smallest absolute Gasteiger partial charge is 0.0975 e. The number of aryl methyl sites for hydroxylation is 1. The molecule has 18 heavy (non-hydrogen) atoms. The Morgan fingerprint density at radius 1 is 1.28 bits per heavy atom. The maximum atomic E-state index is 5.81. The normalized spacial score (nSPS) is 18.1. The van der Waals surface area contributed by atoms with Gasteiger partial charge in [-0.25, -0.2) is 0 Å². The lowest BCUT2D eigenvalue weighted by atomic mass is 9.93. The molecule has 2 heteroatoms. The van der Waals surface area contributed by atoms with E-state index in [1.54, 1.807) is 0 Å². The standard InChI is InChI=1S/C14H17NO.C2H6/c1-2-16-13-9-5-7-11-10-6-3-4-8-12(10)15-14(11)13;1-2/h3-4,6,8,13,15H,2,5,7,9H2,1H3;1-2H3. The van der Waals surface area contributed by atoms with Crippen molar-refractivity contribution in [2.24, 2.45) is 0 Å². The molecule has 0 aliphatic heterocycles. The molecule has 0 spiro atoms. The SMILES string of the molecule is CC.CCOC1CCCc2c1[nH]c1ccccc21. The zero-order valence-corrected chi connectivity index (χ0v) is 11.6. The van der Waals surface area contributed by atoms with Gasteiger partial charge in [-0.1, -0.05) is 32.0 Å². The van der Waals surface area contributed by atoms with E-state index in [4.69, 9.17) is 4.74 Å². The molecule has 3 rings (SSSR count). The lowest BCUT2D eigenvalue weighted by molar-refractivity contribution is 0.0475. The first-order valence-corrected chi connectivity index (χ1v) is 7.11. The Labute approximate surface area is 109 Å². The van der Waals surface area contributed by atoms with Crippen molar-refractivity contribution in [1.29, 1.82) is 0 Å². The molecule has 0 saturated heterocycles. The third-order valence-electron chi connectivity index (χ3n) is 3.43. The van der Waals surface area contributed by atoms with Gasteiger partial charge in [0, 0.05) is 23.2 Å². The van der Waals surface area contributed by atoms with Crippen LogP contribution in [0.2, 0.25) is 0 Å². The van der Waals surface area contributed by atoms with Gasteiger partial charge < -0.3 is 9.72 Å². The van der Waals surface area contributed by atoms with E-state index in [9.17, 15) is 0 Å². The van der Waals surface area contributed by atoms with Gasteiger partial charge in [0.15, 0.2) is 0 Å². The van der Waals surface area contributed by atoms with Crippen molar-refractivity contribution in [2.75, 3.05) is 6.61 Å². The number of aromatic nitrogens is 1. The van der Waals surface area contributed by atoms with Gasteiger partial charge >= 0.3 is 0 Å². The molecular weight excluding hydrogens is 222 g/mol. The van der Waals surface area contributed by atoms with Crippen LogP contribution in [0.5, 0.6) is 0 Å². The van der Waals surface area contributed by atoms with Crippen LogP contribution in [0.1, 0.15) is 51.0 Å². The van der Waals surface area contributed by atoms with E-state index >= 15 is 0 Å². The molecule has 2 nitrogen and oxygen atoms in total. The number of ether oxygens (including phenoxy) is 1. The zero-order chi connectivity index (χ0) is 13.0. The summed E-state index contributed by atoms with van der Waals surface area (Å²) in [5, 5.41) is 1.38. The van der Waals surface area contributed by atoms with Gasteiger partial charge in [0.1, 0.15) is 0 Å². The van der Waals surface area contributed by atoms with Crippen LogP contribution >= 0.6 is 0 Å². The highest BCUT2D eigenvalue weighted by atomic mass is 16.5. The number of rotatable bonds is 2. The Morgan fingerprint density at radius 3 is 2.83 bits per heavy atom. The number of aromatic amines is 1. The zero-order valence-electron chi connectivity index (χ0n) is 11.6. The van der Waals surface area contributed by atoms with Crippen molar-refractivity contribution in [3.05, 3.63) is 35.5 Å². The van der Waals surface area contributed by atoms with Crippen LogP contribution in [0, 0.1) is 0 Å². The quantitative estimate of drug-likeness (QED) is 0.821. The van der Waals surface area contributed by atoms with Crippen molar-refractivity contribution >= 4 is 10.9 Å². The van der Waals surface area contributed by atoms with Crippen molar-refractivity contribution < 1.29 is 4.74 Å². The van der Waals surface area contributed by atoms with E-state index < -0.39 is 0 Å². The van der Waals surface area contributed by atoms with Crippen LogP contribution in [0.3, 0.4) is 0 Å². The minimum absolute atomic E-state index is 0.279. The molecule has 1 unspecified atom stereocenters. The van der Waals surface area contributed by atoms with Gasteiger partial charge in [0.25, 0.3) is 0 Å². The fourth-order valence-corrected chi connectivity index (χ4v) is 2.74. The number of nitrogens with one attached hydrogen (secondary N) is 1. The second-order valence-electron chi connectivity index (χ2n) is 4.40. The molecule has 0 amide bonds. The fraction of sp³-hybridized carbons (Fsp3) is 0.500. The molecule has 0 fully saturated rings. The van der Waals surface area contributed by atoms with E-state index in [0.717, 1.165) is 13.0 Å². The average Bonchev–Trinajstić information content (AvgIpc) is 2.81. The van der Waals surface area contributed by atoms with Gasteiger partial charge in [-0.2, -0.15) is 0 Å². The molecule has 1 aliphatic rings. The van der Waals surface area contributed by atoms with Gasteiger partial charge in [-0.15, -0.1) is 0 Å². The molecule has 1 atom stereocenters. The number of fused-ring (bicyclic) bond motifs is 3. The summed E-state index contributed by atoms with van der Waals surface area (Å²) >= 11 is 0. The number of para-hydroxylation sites is 1. The van der Waals surface area contributed by atoms with E-state index in [1.807, 2.05) is 13.8 Å². The van der Waals surface area contributed by atoms with E-state index in [-0.39, 0.29) is 6.10 Å².